The first-order chi connectivity index (χ1) is 11.6. The average Bonchev–Trinajstić information content (AvgIpc) is 2.58. The van der Waals surface area contributed by atoms with Crippen molar-refractivity contribution in [1.82, 2.24) is 0 Å². The first kappa shape index (κ1) is 17.3. The minimum absolute atomic E-state index is 0.0781. The van der Waals surface area contributed by atoms with Gasteiger partial charge in [-0.05, 0) is 26.0 Å². The fourth-order valence-electron chi connectivity index (χ4n) is 2.12. The number of hydrogen-bond acceptors (Lipinski definition) is 5. The summed E-state index contributed by atoms with van der Waals surface area (Å²) in [5, 5.41) is 13.9. The molecule has 7 nitrogen and oxygen atoms in total. The van der Waals surface area contributed by atoms with Crippen LogP contribution in [0.5, 0.6) is 11.5 Å². The molecule has 7 heteroatoms. The lowest BCUT2D eigenvalue weighted by Crippen LogP contribution is -2.13. The fraction of sp³-hybridized carbons (Fsp3) is 0.235. The summed E-state index contributed by atoms with van der Waals surface area (Å²) in [6, 6.07) is 11.3. The van der Waals surface area contributed by atoms with Crippen LogP contribution in [-0.4, -0.2) is 24.0 Å². The number of carbonyl (C=O) groups is 1. The van der Waals surface area contributed by atoms with E-state index in [0.29, 0.717) is 17.9 Å². The molecule has 0 spiro atoms. The van der Waals surface area contributed by atoms with Crippen LogP contribution in [0.15, 0.2) is 42.5 Å². The van der Waals surface area contributed by atoms with Gasteiger partial charge in [-0.25, -0.2) is 0 Å². The largest absolute Gasteiger partial charge is 0.491 e. The minimum atomic E-state index is -0.545. The molecule has 0 aromatic heterocycles. The van der Waals surface area contributed by atoms with Gasteiger partial charge in [0.05, 0.1) is 29.9 Å². The highest BCUT2D eigenvalue weighted by Crippen LogP contribution is 2.38. The van der Waals surface area contributed by atoms with Gasteiger partial charge in [-0.1, -0.05) is 18.2 Å². The highest BCUT2D eigenvalue weighted by Gasteiger charge is 2.21. The summed E-state index contributed by atoms with van der Waals surface area (Å²) in [6.45, 7) is 4.05. The van der Waals surface area contributed by atoms with E-state index in [1.165, 1.54) is 12.1 Å². The highest BCUT2D eigenvalue weighted by molar-refractivity contribution is 6.05. The second-order valence-electron chi connectivity index (χ2n) is 4.76. The van der Waals surface area contributed by atoms with Crippen LogP contribution in [-0.2, 0) is 0 Å². The van der Waals surface area contributed by atoms with Crippen LogP contribution in [0.2, 0.25) is 0 Å². The van der Waals surface area contributed by atoms with Crippen molar-refractivity contribution in [3.05, 3.63) is 58.1 Å². The van der Waals surface area contributed by atoms with E-state index < -0.39 is 4.92 Å². The van der Waals surface area contributed by atoms with Crippen molar-refractivity contribution >= 4 is 17.3 Å². The number of carbonyl (C=O) groups excluding carboxylic acids is 1. The van der Waals surface area contributed by atoms with Gasteiger partial charge in [0, 0.05) is 11.6 Å². The molecular formula is C17H18N2O5. The lowest BCUT2D eigenvalue weighted by Gasteiger charge is -2.14. The van der Waals surface area contributed by atoms with Crippen molar-refractivity contribution < 1.29 is 19.2 Å². The number of anilines is 1. The maximum atomic E-state index is 12.3. The third-order valence-corrected chi connectivity index (χ3v) is 3.14. The normalized spacial score (nSPS) is 10.1. The molecule has 24 heavy (non-hydrogen) atoms. The molecule has 0 heterocycles. The predicted octanol–water partition coefficient (Wildman–Crippen LogP) is 3.64. The van der Waals surface area contributed by atoms with Gasteiger partial charge in [-0.2, -0.15) is 0 Å². The summed E-state index contributed by atoms with van der Waals surface area (Å²) in [7, 11) is 0. The van der Waals surface area contributed by atoms with Crippen LogP contribution in [0.25, 0.3) is 0 Å². The van der Waals surface area contributed by atoms with E-state index in [0.717, 1.165) is 0 Å². The number of nitrogens with one attached hydrogen (secondary N) is 1. The van der Waals surface area contributed by atoms with Gasteiger partial charge in [0.1, 0.15) is 5.75 Å². The lowest BCUT2D eigenvalue weighted by molar-refractivity contribution is -0.385. The van der Waals surface area contributed by atoms with Gasteiger partial charge in [0.25, 0.3) is 5.91 Å². The van der Waals surface area contributed by atoms with Crippen LogP contribution in [0.4, 0.5) is 11.4 Å². The predicted molar refractivity (Wildman–Crippen MR) is 89.8 cm³/mol. The first-order valence-corrected chi connectivity index (χ1v) is 7.51. The van der Waals surface area contributed by atoms with E-state index in [4.69, 9.17) is 9.47 Å². The molecule has 2 rings (SSSR count). The van der Waals surface area contributed by atoms with Crippen LogP contribution in [0.1, 0.15) is 24.2 Å². The Morgan fingerprint density at radius 3 is 2.29 bits per heavy atom. The van der Waals surface area contributed by atoms with Gasteiger partial charge in [-0.15, -0.1) is 0 Å². The minimum Gasteiger partial charge on any atom is -0.491 e. The molecule has 0 saturated carbocycles. The topological polar surface area (TPSA) is 90.7 Å². The number of nitrogens with zero attached hydrogens (tertiary/aromatic N) is 1. The standard InChI is InChI=1S/C17H18N2O5/c1-3-23-15-11-14(19(21)22)16(24-4-2)10-13(15)18-17(20)12-8-6-5-7-9-12/h5-11H,3-4H2,1-2H3,(H,18,20). The summed E-state index contributed by atoms with van der Waals surface area (Å²) in [5.74, 6) is -0.0425. The number of hydrogen-bond donors (Lipinski definition) is 1. The fourth-order valence-corrected chi connectivity index (χ4v) is 2.12. The summed E-state index contributed by atoms with van der Waals surface area (Å²) in [6.07, 6.45) is 0. The lowest BCUT2D eigenvalue weighted by atomic mass is 10.2. The van der Waals surface area contributed by atoms with E-state index in [-0.39, 0.29) is 29.7 Å². The van der Waals surface area contributed by atoms with Crippen molar-refractivity contribution in [2.24, 2.45) is 0 Å². The Labute approximate surface area is 139 Å². The Morgan fingerprint density at radius 1 is 1.08 bits per heavy atom. The van der Waals surface area contributed by atoms with Crippen molar-refractivity contribution in [3.63, 3.8) is 0 Å². The first-order valence-electron chi connectivity index (χ1n) is 7.51. The second kappa shape index (κ2) is 7.96. The van der Waals surface area contributed by atoms with Gasteiger partial charge in [0.15, 0.2) is 5.75 Å². The molecule has 0 bridgehead atoms. The maximum absolute atomic E-state index is 12.3. The Kier molecular flexibility index (Phi) is 5.73. The Morgan fingerprint density at radius 2 is 1.71 bits per heavy atom. The van der Waals surface area contributed by atoms with Crippen LogP contribution in [0, 0.1) is 10.1 Å². The molecule has 0 aliphatic heterocycles. The number of amides is 1. The number of rotatable bonds is 7. The van der Waals surface area contributed by atoms with E-state index in [2.05, 4.69) is 5.32 Å². The van der Waals surface area contributed by atoms with Gasteiger partial charge in [0.2, 0.25) is 0 Å². The molecule has 1 N–H and O–H groups in total. The zero-order valence-corrected chi connectivity index (χ0v) is 13.4. The van der Waals surface area contributed by atoms with Crippen molar-refractivity contribution in [3.8, 4) is 11.5 Å². The van der Waals surface area contributed by atoms with Crippen LogP contribution >= 0.6 is 0 Å². The molecule has 0 fully saturated rings. The number of nitro groups is 1. The summed E-state index contributed by atoms with van der Waals surface area (Å²) < 4.78 is 10.7. The van der Waals surface area contributed by atoms with E-state index in [1.54, 1.807) is 38.1 Å². The highest BCUT2D eigenvalue weighted by atomic mass is 16.6. The zero-order valence-electron chi connectivity index (χ0n) is 13.4. The molecule has 0 saturated heterocycles. The molecule has 2 aromatic rings. The molecule has 126 valence electrons. The van der Waals surface area contributed by atoms with Gasteiger partial charge in [-0.3, -0.25) is 14.9 Å². The van der Waals surface area contributed by atoms with E-state index in [9.17, 15) is 14.9 Å². The Bertz CT molecular complexity index is 731. The van der Waals surface area contributed by atoms with Gasteiger partial charge >= 0.3 is 5.69 Å². The maximum Gasteiger partial charge on any atom is 0.314 e. The second-order valence-corrected chi connectivity index (χ2v) is 4.76. The van der Waals surface area contributed by atoms with E-state index in [1.807, 2.05) is 6.07 Å². The molecule has 2 aromatic carbocycles. The molecule has 0 radical (unpaired) electrons. The summed E-state index contributed by atoms with van der Waals surface area (Å²) in [4.78, 5) is 23.0. The number of nitro benzene ring substituents is 1. The molecule has 0 aliphatic carbocycles. The Hall–Kier alpha value is -3.09. The third-order valence-electron chi connectivity index (χ3n) is 3.14. The Balaban J connectivity index is 2.41. The molecular weight excluding hydrogens is 312 g/mol. The molecule has 0 atom stereocenters. The smallest absolute Gasteiger partial charge is 0.314 e. The summed E-state index contributed by atoms with van der Waals surface area (Å²) >= 11 is 0. The SMILES string of the molecule is CCOc1cc([N+](=O)[O-])c(OCC)cc1NC(=O)c1ccccc1. The number of ether oxygens (including phenoxy) is 2. The van der Waals surface area contributed by atoms with Crippen molar-refractivity contribution in [1.29, 1.82) is 0 Å². The van der Waals surface area contributed by atoms with Crippen LogP contribution in [0.3, 0.4) is 0 Å². The zero-order chi connectivity index (χ0) is 17.5. The van der Waals surface area contributed by atoms with Gasteiger partial charge < -0.3 is 14.8 Å². The summed E-state index contributed by atoms with van der Waals surface area (Å²) in [5.41, 5.74) is 0.578. The quantitative estimate of drug-likeness (QED) is 0.618. The third kappa shape index (κ3) is 4.01. The molecule has 0 aliphatic rings. The van der Waals surface area contributed by atoms with Crippen molar-refractivity contribution in [2.45, 2.75) is 13.8 Å². The molecule has 1 amide bonds. The van der Waals surface area contributed by atoms with Crippen molar-refractivity contribution in [2.75, 3.05) is 18.5 Å². The van der Waals surface area contributed by atoms with Crippen LogP contribution < -0.4 is 14.8 Å². The average molecular weight is 330 g/mol. The van der Waals surface area contributed by atoms with E-state index >= 15 is 0 Å². The molecule has 0 unspecified atom stereocenters. The number of benzene rings is 2. The monoisotopic (exact) mass is 330 g/mol.